The molecule has 1 aromatic heterocycles. The lowest BCUT2D eigenvalue weighted by Gasteiger charge is -2.08. The van der Waals surface area contributed by atoms with E-state index in [1.807, 2.05) is 24.8 Å². The van der Waals surface area contributed by atoms with Gasteiger partial charge in [-0.25, -0.2) is 4.68 Å². The van der Waals surface area contributed by atoms with Crippen LogP contribution in [0.4, 0.5) is 11.5 Å². The second kappa shape index (κ2) is 6.52. The van der Waals surface area contributed by atoms with E-state index in [4.69, 9.17) is 5.10 Å². The summed E-state index contributed by atoms with van der Waals surface area (Å²) in [5.41, 5.74) is 2.32. The summed E-state index contributed by atoms with van der Waals surface area (Å²) in [6.07, 6.45) is 0. The molecule has 0 fully saturated rings. The van der Waals surface area contributed by atoms with E-state index in [1.165, 1.54) is 5.56 Å². The molecule has 102 valence electrons. The average Bonchev–Trinajstić information content (AvgIpc) is 2.77. The highest BCUT2D eigenvalue weighted by Crippen LogP contribution is 2.33. The number of rotatable bonds is 6. The predicted octanol–water partition coefficient (Wildman–Crippen LogP) is 3.13. The number of anilines is 2. The first-order valence-corrected chi connectivity index (χ1v) is 7.41. The van der Waals surface area contributed by atoms with Crippen molar-refractivity contribution in [2.24, 2.45) is 0 Å². The summed E-state index contributed by atoms with van der Waals surface area (Å²) in [5, 5.41) is 12.2. The van der Waals surface area contributed by atoms with Gasteiger partial charge < -0.3 is 10.6 Å². The molecule has 0 unspecified atom stereocenters. The van der Waals surface area contributed by atoms with Gasteiger partial charge in [-0.3, -0.25) is 0 Å². The highest BCUT2D eigenvalue weighted by molar-refractivity contribution is 7.99. The van der Waals surface area contributed by atoms with Crippen LogP contribution in [0.1, 0.15) is 12.5 Å². The number of nitrogens with one attached hydrogen (secondary N) is 2. The van der Waals surface area contributed by atoms with Crippen LogP contribution < -0.4 is 10.6 Å². The third-order valence-corrected chi connectivity index (χ3v) is 3.71. The summed E-state index contributed by atoms with van der Waals surface area (Å²) in [6, 6.07) is 10.4. The monoisotopic (exact) mass is 276 g/mol. The van der Waals surface area contributed by atoms with Crippen molar-refractivity contribution in [3.8, 4) is 0 Å². The number of hydrogen-bond donors (Lipinski definition) is 2. The fourth-order valence-corrected chi connectivity index (χ4v) is 2.80. The Morgan fingerprint density at radius 2 is 1.89 bits per heavy atom. The van der Waals surface area contributed by atoms with Gasteiger partial charge in [-0.2, -0.15) is 5.10 Å². The summed E-state index contributed by atoms with van der Waals surface area (Å²) in [6.45, 7) is 2.91. The van der Waals surface area contributed by atoms with Gasteiger partial charge in [0.05, 0.1) is 6.54 Å². The van der Waals surface area contributed by atoms with Crippen LogP contribution in [0, 0.1) is 0 Å². The molecule has 2 N–H and O–H groups in total. The minimum absolute atomic E-state index is 0.774. The third kappa shape index (κ3) is 3.04. The molecule has 1 heterocycles. The van der Waals surface area contributed by atoms with Gasteiger partial charge >= 0.3 is 0 Å². The van der Waals surface area contributed by atoms with Crippen LogP contribution >= 0.6 is 11.8 Å². The number of nitrogens with zero attached hydrogens (tertiary/aromatic N) is 2. The SMILES string of the molecule is CCSc1nn(Cc2ccccc2)c(NC)c1NC. The minimum Gasteiger partial charge on any atom is -0.383 e. The molecule has 0 bridgehead atoms. The zero-order chi connectivity index (χ0) is 13.7. The van der Waals surface area contributed by atoms with Crippen LogP contribution in [-0.2, 0) is 6.54 Å². The van der Waals surface area contributed by atoms with Crippen LogP contribution in [0.2, 0.25) is 0 Å². The lowest BCUT2D eigenvalue weighted by molar-refractivity contribution is 0.673. The highest BCUT2D eigenvalue weighted by Gasteiger charge is 2.15. The minimum atomic E-state index is 0.774. The molecule has 19 heavy (non-hydrogen) atoms. The van der Waals surface area contributed by atoms with Gasteiger partial charge in [0.25, 0.3) is 0 Å². The van der Waals surface area contributed by atoms with Crippen LogP contribution in [0.3, 0.4) is 0 Å². The summed E-state index contributed by atoms with van der Waals surface area (Å²) < 4.78 is 2.01. The molecule has 0 radical (unpaired) electrons. The number of benzene rings is 1. The maximum Gasteiger partial charge on any atom is 0.149 e. The molecule has 0 aliphatic heterocycles. The predicted molar refractivity (Wildman–Crippen MR) is 83.3 cm³/mol. The summed E-state index contributed by atoms with van der Waals surface area (Å²) in [5.74, 6) is 2.04. The first kappa shape index (κ1) is 13.8. The van der Waals surface area contributed by atoms with Gasteiger partial charge in [0.1, 0.15) is 16.5 Å². The maximum atomic E-state index is 4.69. The zero-order valence-electron chi connectivity index (χ0n) is 11.6. The molecule has 0 aliphatic rings. The Labute approximate surface area is 118 Å². The Hall–Kier alpha value is -1.62. The summed E-state index contributed by atoms with van der Waals surface area (Å²) in [7, 11) is 3.87. The largest absolute Gasteiger partial charge is 0.383 e. The first-order chi connectivity index (χ1) is 9.30. The first-order valence-electron chi connectivity index (χ1n) is 6.43. The van der Waals surface area contributed by atoms with Crippen molar-refractivity contribution in [3.05, 3.63) is 35.9 Å². The maximum absolute atomic E-state index is 4.69. The van der Waals surface area contributed by atoms with Gasteiger partial charge in [0, 0.05) is 14.1 Å². The molecule has 5 heteroatoms. The van der Waals surface area contributed by atoms with Crippen LogP contribution in [-0.4, -0.2) is 29.6 Å². The standard InChI is InChI=1S/C14H20N4S/c1-4-19-14-12(15-2)13(16-3)18(17-14)10-11-8-6-5-7-9-11/h5-9,15-16H,4,10H2,1-3H3. The molecule has 0 atom stereocenters. The van der Waals surface area contributed by atoms with E-state index in [2.05, 4.69) is 41.8 Å². The number of hydrogen-bond acceptors (Lipinski definition) is 4. The van der Waals surface area contributed by atoms with Crippen molar-refractivity contribution in [3.63, 3.8) is 0 Å². The molecule has 4 nitrogen and oxygen atoms in total. The Bertz CT molecular complexity index is 522. The Morgan fingerprint density at radius 1 is 1.16 bits per heavy atom. The Morgan fingerprint density at radius 3 is 2.47 bits per heavy atom. The molecular formula is C14H20N4S. The smallest absolute Gasteiger partial charge is 0.149 e. The topological polar surface area (TPSA) is 41.9 Å². The second-order valence-electron chi connectivity index (χ2n) is 4.11. The molecule has 0 amide bonds. The molecule has 0 spiro atoms. The molecule has 0 saturated carbocycles. The molecule has 1 aromatic carbocycles. The van der Waals surface area contributed by atoms with E-state index < -0.39 is 0 Å². The van der Waals surface area contributed by atoms with Crippen LogP contribution in [0.15, 0.2) is 35.4 Å². The molecule has 2 aromatic rings. The van der Waals surface area contributed by atoms with E-state index in [0.29, 0.717) is 0 Å². The quantitative estimate of drug-likeness (QED) is 0.795. The van der Waals surface area contributed by atoms with Gasteiger partial charge in [-0.15, -0.1) is 11.8 Å². The van der Waals surface area contributed by atoms with E-state index in [9.17, 15) is 0 Å². The van der Waals surface area contributed by atoms with Crippen molar-refractivity contribution in [1.29, 1.82) is 0 Å². The van der Waals surface area contributed by atoms with Crippen molar-refractivity contribution in [2.75, 3.05) is 30.5 Å². The summed E-state index contributed by atoms with van der Waals surface area (Å²) in [4.78, 5) is 0. The number of thioether (sulfide) groups is 1. The normalized spacial score (nSPS) is 10.5. The average molecular weight is 276 g/mol. The molecule has 0 saturated heterocycles. The van der Waals surface area contributed by atoms with Crippen molar-refractivity contribution in [1.82, 2.24) is 9.78 Å². The number of aromatic nitrogens is 2. The lowest BCUT2D eigenvalue weighted by Crippen LogP contribution is -2.06. The Balaban J connectivity index is 2.34. The third-order valence-electron chi connectivity index (χ3n) is 2.86. The Kier molecular flexibility index (Phi) is 4.74. The lowest BCUT2D eigenvalue weighted by atomic mass is 10.2. The fraction of sp³-hybridized carbons (Fsp3) is 0.357. The second-order valence-corrected chi connectivity index (χ2v) is 5.36. The van der Waals surface area contributed by atoms with E-state index >= 15 is 0 Å². The van der Waals surface area contributed by atoms with E-state index in [-0.39, 0.29) is 0 Å². The van der Waals surface area contributed by atoms with E-state index in [1.54, 1.807) is 11.8 Å². The summed E-state index contributed by atoms with van der Waals surface area (Å²) >= 11 is 1.75. The van der Waals surface area contributed by atoms with Crippen LogP contribution in [0.25, 0.3) is 0 Å². The zero-order valence-corrected chi connectivity index (χ0v) is 12.4. The molecule has 0 aliphatic carbocycles. The van der Waals surface area contributed by atoms with Crippen molar-refractivity contribution < 1.29 is 0 Å². The van der Waals surface area contributed by atoms with Crippen molar-refractivity contribution in [2.45, 2.75) is 18.5 Å². The van der Waals surface area contributed by atoms with Gasteiger partial charge in [-0.05, 0) is 11.3 Å². The highest BCUT2D eigenvalue weighted by atomic mass is 32.2. The molecular weight excluding hydrogens is 256 g/mol. The van der Waals surface area contributed by atoms with Gasteiger partial charge in [-0.1, -0.05) is 37.3 Å². The van der Waals surface area contributed by atoms with Crippen molar-refractivity contribution >= 4 is 23.3 Å². The van der Waals surface area contributed by atoms with E-state index in [0.717, 1.165) is 28.8 Å². The fourth-order valence-electron chi connectivity index (χ4n) is 2.03. The molecule has 2 rings (SSSR count). The van der Waals surface area contributed by atoms with Gasteiger partial charge in [0.2, 0.25) is 0 Å². The van der Waals surface area contributed by atoms with Crippen LogP contribution in [0.5, 0.6) is 0 Å². The van der Waals surface area contributed by atoms with Gasteiger partial charge in [0.15, 0.2) is 0 Å².